The molecule has 1 aromatic carbocycles. The lowest BCUT2D eigenvalue weighted by Gasteiger charge is -2.29. The number of β-amino-alcohol motifs (C(OH)–C–C–N with tert-alkyl or cyclic N) is 1. The largest absolute Gasteiger partial charge is 0.491 e. The van der Waals surface area contributed by atoms with E-state index in [1.54, 1.807) is 6.20 Å². The van der Waals surface area contributed by atoms with Crippen molar-refractivity contribution in [3.63, 3.8) is 0 Å². The standard InChI is InChI=1S/C18H25N3O2/c1-2-12-23-17-6-5-14(15-4-3-7-20-18(15)17)16(22)13-21-10-8-19-9-11-21/h3-7,16,19,22H,2,8-13H2,1H3. The summed E-state index contributed by atoms with van der Waals surface area (Å²) in [6.07, 6.45) is 2.22. The molecule has 1 aliphatic heterocycles. The Bertz CT molecular complexity index is 641. The van der Waals surface area contributed by atoms with E-state index in [0.29, 0.717) is 13.2 Å². The SMILES string of the molecule is CCCOc1ccc(C(O)CN2CCNCC2)c2cccnc12. The van der Waals surface area contributed by atoms with Crippen LogP contribution in [0.25, 0.3) is 10.9 Å². The highest BCUT2D eigenvalue weighted by Gasteiger charge is 2.19. The van der Waals surface area contributed by atoms with Gasteiger partial charge in [-0.2, -0.15) is 0 Å². The number of pyridine rings is 1. The van der Waals surface area contributed by atoms with E-state index in [9.17, 15) is 5.11 Å². The molecule has 2 aromatic rings. The van der Waals surface area contributed by atoms with Crippen LogP contribution in [0.4, 0.5) is 0 Å². The van der Waals surface area contributed by atoms with Gasteiger partial charge >= 0.3 is 0 Å². The second kappa shape index (κ2) is 7.73. The molecule has 0 bridgehead atoms. The number of hydrogen-bond acceptors (Lipinski definition) is 5. The third-order valence-corrected chi connectivity index (χ3v) is 4.23. The Morgan fingerprint density at radius 3 is 2.91 bits per heavy atom. The van der Waals surface area contributed by atoms with Crippen LogP contribution in [0.2, 0.25) is 0 Å². The fraction of sp³-hybridized carbons (Fsp3) is 0.500. The van der Waals surface area contributed by atoms with Crippen LogP contribution >= 0.6 is 0 Å². The van der Waals surface area contributed by atoms with Gasteiger partial charge in [-0.3, -0.25) is 9.88 Å². The van der Waals surface area contributed by atoms with Crippen molar-refractivity contribution in [3.05, 3.63) is 36.0 Å². The molecule has 0 aliphatic carbocycles. The lowest BCUT2D eigenvalue weighted by Crippen LogP contribution is -2.44. The maximum atomic E-state index is 10.7. The number of ether oxygens (including phenoxy) is 1. The molecule has 0 saturated carbocycles. The normalized spacial score (nSPS) is 17.3. The number of nitrogens with one attached hydrogen (secondary N) is 1. The first-order chi connectivity index (χ1) is 11.3. The molecule has 1 unspecified atom stereocenters. The summed E-state index contributed by atoms with van der Waals surface area (Å²) in [5.74, 6) is 0.792. The third-order valence-electron chi connectivity index (χ3n) is 4.23. The number of rotatable bonds is 6. The van der Waals surface area contributed by atoms with Crippen molar-refractivity contribution >= 4 is 10.9 Å². The Hall–Kier alpha value is -1.69. The maximum absolute atomic E-state index is 10.7. The average molecular weight is 315 g/mol. The molecule has 23 heavy (non-hydrogen) atoms. The van der Waals surface area contributed by atoms with Gasteiger partial charge in [-0.15, -0.1) is 0 Å². The summed E-state index contributed by atoms with van der Waals surface area (Å²) < 4.78 is 5.79. The molecule has 1 atom stereocenters. The zero-order valence-corrected chi connectivity index (χ0v) is 13.7. The number of fused-ring (bicyclic) bond motifs is 1. The van der Waals surface area contributed by atoms with Gasteiger partial charge in [0.15, 0.2) is 0 Å². The van der Waals surface area contributed by atoms with Crippen molar-refractivity contribution in [1.29, 1.82) is 0 Å². The summed E-state index contributed by atoms with van der Waals surface area (Å²) in [4.78, 5) is 6.76. The molecule has 0 radical (unpaired) electrons. The molecule has 1 fully saturated rings. The van der Waals surface area contributed by atoms with Crippen molar-refractivity contribution in [2.45, 2.75) is 19.4 Å². The number of aliphatic hydroxyl groups excluding tert-OH is 1. The lowest BCUT2D eigenvalue weighted by atomic mass is 10.0. The molecule has 0 spiro atoms. The van der Waals surface area contributed by atoms with Crippen molar-refractivity contribution in [1.82, 2.24) is 15.2 Å². The van der Waals surface area contributed by atoms with E-state index in [2.05, 4.69) is 22.1 Å². The Morgan fingerprint density at radius 2 is 2.13 bits per heavy atom. The van der Waals surface area contributed by atoms with Crippen LogP contribution in [0.5, 0.6) is 5.75 Å². The fourth-order valence-electron chi connectivity index (χ4n) is 3.02. The minimum absolute atomic E-state index is 0.514. The van der Waals surface area contributed by atoms with Crippen LogP contribution in [0.3, 0.4) is 0 Å². The molecule has 3 rings (SSSR count). The molecular formula is C18H25N3O2. The van der Waals surface area contributed by atoms with Crippen LogP contribution in [-0.2, 0) is 0 Å². The van der Waals surface area contributed by atoms with Crippen molar-refractivity contribution in [2.75, 3.05) is 39.3 Å². The average Bonchev–Trinajstić information content (AvgIpc) is 2.60. The second-order valence-corrected chi connectivity index (χ2v) is 5.97. The predicted molar refractivity (Wildman–Crippen MR) is 91.8 cm³/mol. The topological polar surface area (TPSA) is 57.6 Å². The lowest BCUT2D eigenvalue weighted by molar-refractivity contribution is 0.106. The summed E-state index contributed by atoms with van der Waals surface area (Å²) in [6, 6.07) is 7.83. The first-order valence-electron chi connectivity index (χ1n) is 8.41. The molecule has 0 amide bonds. The van der Waals surface area contributed by atoms with Crippen molar-refractivity contribution in [2.24, 2.45) is 0 Å². The van der Waals surface area contributed by atoms with Crippen LogP contribution in [0, 0.1) is 0 Å². The zero-order chi connectivity index (χ0) is 16.1. The van der Waals surface area contributed by atoms with E-state index in [-0.39, 0.29) is 0 Å². The number of aromatic nitrogens is 1. The highest BCUT2D eigenvalue weighted by Crippen LogP contribution is 2.30. The minimum atomic E-state index is -0.514. The smallest absolute Gasteiger partial charge is 0.145 e. The van der Waals surface area contributed by atoms with E-state index in [1.165, 1.54) is 0 Å². The predicted octanol–water partition coefficient (Wildman–Crippen LogP) is 1.96. The van der Waals surface area contributed by atoms with Crippen molar-refractivity contribution in [3.8, 4) is 5.75 Å². The van der Waals surface area contributed by atoms with Gasteiger partial charge in [0, 0.05) is 44.3 Å². The highest BCUT2D eigenvalue weighted by molar-refractivity contribution is 5.87. The first kappa shape index (κ1) is 16.2. The molecule has 5 heteroatoms. The van der Waals surface area contributed by atoms with Crippen LogP contribution < -0.4 is 10.1 Å². The van der Waals surface area contributed by atoms with E-state index < -0.39 is 6.10 Å². The van der Waals surface area contributed by atoms with Crippen LogP contribution in [0.15, 0.2) is 30.5 Å². The summed E-state index contributed by atoms with van der Waals surface area (Å²) in [5, 5.41) is 15.0. The quantitative estimate of drug-likeness (QED) is 0.853. The zero-order valence-electron chi connectivity index (χ0n) is 13.7. The van der Waals surface area contributed by atoms with Gasteiger partial charge in [-0.1, -0.05) is 19.1 Å². The Labute approximate surface area is 137 Å². The molecule has 2 N–H and O–H groups in total. The molecular weight excluding hydrogens is 290 g/mol. The number of aliphatic hydroxyl groups is 1. The van der Waals surface area contributed by atoms with Gasteiger partial charge in [0.25, 0.3) is 0 Å². The summed E-state index contributed by atoms with van der Waals surface area (Å²) in [7, 11) is 0. The summed E-state index contributed by atoms with van der Waals surface area (Å²) in [5.41, 5.74) is 1.76. The van der Waals surface area contributed by atoms with Gasteiger partial charge < -0.3 is 15.2 Å². The monoisotopic (exact) mass is 315 g/mol. The first-order valence-corrected chi connectivity index (χ1v) is 8.41. The number of piperazine rings is 1. The van der Waals surface area contributed by atoms with Crippen LogP contribution in [-0.4, -0.2) is 54.3 Å². The molecule has 124 valence electrons. The molecule has 2 heterocycles. The minimum Gasteiger partial charge on any atom is -0.491 e. The molecule has 1 aromatic heterocycles. The second-order valence-electron chi connectivity index (χ2n) is 5.97. The Kier molecular flexibility index (Phi) is 5.43. The highest BCUT2D eigenvalue weighted by atomic mass is 16.5. The van der Waals surface area contributed by atoms with E-state index in [0.717, 1.165) is 54.8 Å². The van der Waals surface area contributed by atoms with Gasteiger partial charge in [0.1, 0.15) is 11.3 Å². The summed E-state index contributed by atoms with van der Waals surface area (Å²) >= 11 is 0. The summed E-state index contributed by atoms with van der Waals surface area (Å²) in [6.45, 7) is 7.34. The molecule has 1 saturated heterocycles. The Balaban J connectivity index is 1.85. The Morgan fingerprint density at radius 1 is 1.30 bits per heavy atom. The molecule has 1 aliphatic rings. The third kappa shape index (κ3) is 3.80. The van der Waals surface area contributed by atoms with Gasteiger partial charge in [-0.25, -0.2) is 0 Å². The fourth-order valence-corrected chi connectivity index (χ4v) is 3.02. The van der Waals surface area contributed by atoms with E-state index in [1.807, 2.05) is 24.3 Å². The number of hydrogen-bond donors (Lipinski definition) is 2. The molecule has 5 nitrogen and oxygen atoms in total. The van der Waals surface area contributed by atoms with Gasteiger partial charge in [0.05, 0.1) is 12.7 Å². The number of benzene rings is 1. The van der Waals surface area contributed by atoms with Crippen molar-refractivity contribution < 1.29 is 9.84 Å². The number of nitrogens with zero attached hydrogens (tertiary/aromatic N) is 2. The maximum Gasteiger partial charge on any atom is 0.145 e. The van der Waals surface area contributed by atoms with E-state index in [4.69, 9.17) is 4.74 Å². The van der Waals surface area contributed by atoms with Crippen LogP contribution in [0.1, 0.15) is 25.0 Å². The van der Waals surface area contributed by atoms with E-state index >= 15 is 0 Å². The van der Waals surface area contributed by atoms with Gasteiger partial charge in [-0.05, 0) is 24.1 Å². The van der Waals surface area contributed by atoms with Gasteiger partial charge in [0.2, 0.25) is 0 Å².